The van der Waals surface area contributed by atoms with Crippen LogP contribution in [-0.2, 0) is 16.0 Å². The van der Waals surface area contributed by atoms with E-state index in [1.807, 2.05) is 12.1 Å². The number of ether oxygens (including phenoxy) is 1. The van der Waals surface area contributed by atoms with Crippen LogP contribution >= 0.6 is 11.8 Å². The lowest BCUT2D eigenvalue weighted by Gasteiger charge is -2.14. The highest BCUT2D eigenvalue weighted by atomic mass is 32.2. The van der Waals surface area contributed by atoms with Crippen molar-refractivity contribution in [1.29, 1.82) is 0 Å². The maximum absolute atomic E-state index is 6.20. The van der Waals surface area contributed by atoms with Gasteiger partial charge in [-0.05, 0) is 25.0 Å². The van der Waals surface area contributed by atoms with E-state index in [0.717, 1.165) is 6.42 Å². The molecule has 0 aliphatic carbocycles. The van der Waals surface area contributed by atoms with Gasteiger partial charge < -0.3 is 15.0 Å². The predicted molar refractivity (Wildman–Crippen MR) is 76.3 cm³/mol. The zero-order valence-corrected chi connectivity index (χ0v) is 12.2. The molecule has 5 nitrogen and oxygen atoms in total. The minimum Gasteiger partial charge on any atom is -0.379 e. The Balaban J connectivity index is 1.67. The number of benzene rings is 1. The summed E-state index contributed by atoms with van der Waals surface area (Å²) < 4.78 is 10.6. The Labute approximate surface area is 121 Å². The summed E-state index contributed by atoms with van der Waals surface area (Å²) in [6, 6.07) is 8.25. The van der Waals surface area contributed by atoms with Crippen molar-refractivity contribution in [3.8, 4) is 0 Å². The van der Waals surface area contributed by atoms with Gasteiger partial charge in [0.15, 0.2) is 5.82 Å². The first-order valence-electron chi connectivity index (χ1n) is 6.55. The summed E-state index contributed by atoms with van der Waals surface area (Å²) in [5.74, 6) is 1.83. The Morgan fingerprint density at radius 3 is 3.00 bits per heavy atom. The summed E-state index contributed by atoms with van der Waals surface area (Å²) >= 11 is 1.70. The SMILES string of the molecule is Cc1ccccc1SCc1noc(C2(N)CCOC2)n1. The Bertz CT molecular complexity index is 594. The quantitative estimate of drug-likeness (QED) is 0.871. The van der Waals surface area contributed by atoms with Gasteiger partial charge in [-0.25, -0.2) is 0 Å². The molecular weight excluding hydrogens is 274 g/mol. The van der Waals surface area contributed by atoms with E-state index in [1.165, 1.54) is 10.5 Å². The van der Waals surface area contributed by atoms with E-state index in [0.29, 0.717) is 30.7 Å². The van der Waals surface area contributed by atoms with Gasteiger partial charge in [0.1, 0.15) is 5.54 Å². The maximum Gasteiger partial charge on any atom is 0.249 e. The Morgan fingerprint density at radius 2 is 2.25 bits per heavy atom. The molecule has 1 unspecified atom stereocenters. The molecule has 0 saturated carbocycles. The molecule has 2 heterocycles. The van der Waals surface area contributed by atoms with Crippen molar-refractivity contribution < 1.29 is 9.26 Å². The van der Waals surface area contributed by atoms with Crippen LogP contribution in [0.25, 0.3) is 0 Å². The standard InChI is InChI=1S/C14H17N3O2S/c1-10-4-2-3-5-11(10)20-8-12-16-13(19-17-12)14(15)6-7-18-9-14/h2-5H,6-9,15H2,1H3. The maximum atomic E-state index is 6.20. The van der Waals surface area contributed by atoms with E-state index in [2.05, 4.69) is 29.2 Å². The normalized spacial score (nSPS) is 22.3. The number of aromatic nitrogens is 2. The zero-order chi connectivity index (χ0) is 14.0. The van der Waals surface area contributed by atoms with Crippen molar-refractivity contribution in [2.24, 2.45) is 5.73 Å². The van der Waals surface area contributed by atoms with E-state index in [1.54, 1.807) is 11.8 Å². The molecule has 0 amide bonds. The summed E-state index contributed by atoms with van der Waals surface area (Å²) in [5, 5.41) is 4.01. The number of hydrogen-bond donors (Lipinski definition) is 1. The van der Waals surface area contributed by atoms with Gasteiger partial charge in [-0.1, -0.05) is 23.4 Å². The second-order valence-electron chi connectivity index (χ2n) is 5.03. The molecule has 2 aromatic rings. The number of aryl methyl sites for hydroxylation is 1. The van der Waals surface area contributed by atoms with Crippen molar-refractivity contribution in [2.45, 2.75) is 29.5 Å². The van der Waals surface area contributed by atoms with Gasteiger partial charge in [-0.2, -0.15) is 4.98 Å². The fourth-order valence-electron chi connectivity index (χ4n) is 2.12. The molecule has 106 valence electrons. The van der Waals surface area contributed by atoms with E-state index < -0.39 is 5.54 Å². The van der Waals surface area contributed by atoms with Gasteiger partial charge in [-0.15, -0.1) is 11.8 Å². The summed E-state index contributed by atoms with van der Waals surface area (Å²) in [6.45, 7) is 3.18. The van der Waals surface area contributed by atoms with Gasteiger partial charge in [0.25, 0.3) is 0 Å². The summed E-state index contributed by atoms with van der Waals surface area (Å²) in [4.78, 5) is 5.63. The molecule has 1 aromatic heterocycles. The van der Waals surface area contributed by atoms with Crippen LogP contribution in [-0.4, -0.2) is 23.4 Å². The van der Waals surface area contributed by atoms with Crippen LogP contribution in [0.2, 0.25) is 0 Å². The van der Waals surface area contributed by atoms with Gasteiger partial charge in [0.05, 0.1) is 12.4 Å². The van der Waals surface area contributed by atoms with E-state index >= 15 is 0 Å². The lowest BCUT2D eigenvalue weighted by molar-refractivity contribution is 0.166. The molecule has 1 fully saturated rings. The van der Waals surface area contributed by atoms with Crippen molar-refractivity contribution in [3.63, 3.8) is 0 Å². The number of rotatable bonds is 4. The molecular formula is C14H17N3O2S. The van der Waals surface area contributed by atoms with Crippen LogP contribution in [0, 0.1) is 6.92 Å². The molecule has 2 N–H and O–H groups in total. The number of thioether (sulfide) groups is 1. The molecule has 0 bridgehead atoms. The topological polar surface area (TPSA) is 74.2 Å². The summed E-state index contributed by atoms with van der Waals surface area (Å²) in [7, 11) is 0. The first-order valence-corrected chi connectivity index (χ1v) is 7.54. The van der Waals surface area contributed by atoms with Crippen LogP contribution in [0.5, 0.6) is 0 Å². The molecule has 1 aliphatic rings. The van der Waals surface area contributed by atoms with Gasteiger partial charge in [0, 0.05) is 11.5 Å². The predicted octanol–water partition coefficient (Wildman–Crippen LogP) is 2.24. The molecule has 20 heavy (non-hydrogen) atoms. The summed E-state index contributed by atoms with van der Waals surface area (Å²) in [5.41, 5.74) is 6.84. The van der Waals surface area contributed by atoms with Gasteiger partial charge in [0.2, 0.25) is 5.89 Å². The minimum atomic E-state index is -0.613. The van der Waals surface area contributed by atoms with Gasteiger partial charge in [-0.3, -0.25) is 0 Å². The van der Waals surface area contributed by atoms with E-state index in [-0.39, 0.29) is 0 Å². The number of nitrogens with zero attached hydrogens (tertiary/aromatic N) is 2. The highest BCUT2D eigenvalue weighted by Crippen LogP contribution is 2.28. The zero-order valence-electron chi connectivity index (χ0n) is 11.3. The molecule has 6 heteroatoms. The second kappa shape index (κ2) is 5.55. The van der Waals surface area contributed by atoms with Crippen molar-refractivity contribution in [1.82, 2.24) is 10.1 Å². The fraction of sp³-hybridized carbons (Fsp3) is 0.429. The largest absolute Gasteiger partial charge is 0.379 e. The monoisotopic (exact) mass is 291 g/mol. The van der Waals surface area contributed by atoms with Crippen molar-refractivity contribution >= 4 is 11.8 Å². The lowest BCUT2D eigenvalue weighted by atomic mass is 10.0. The third kappa shape index (κ3) is 2.72. The smallest absolute Gasteiger partial charge is 0.249 e. The Hall–Kier alpha value is -1.37. The van der Waals surface area contributed by atoms with Gasteiger partial charge >= 0.3 is 0 Å². The van der Waals surface area contributed by atoms with Crippen LogP contribution in [0.1, 0.15) is 23.7 Å². The molecule has 3 rings (SSSR count). The third-order valence-electron chi connectivity index (χ3n) is 3.40. The van der Waals surface area contributed by atoms with Crippen LogP contribution in [0.15, 0.2) is 33.7 Å². The molecule has 1 aromatic carbocycles. The first kappa shape index (κ1) is 13.6. The number of nitrogens with two attached hydrogens (primary N) is 1. The highest BCUT2D eigenvalue weighted by Gasteiger charge is 2.38. The molecule has 1 atom stereocenters. The van der Waals surface area contributed by atoms with Crippen molar-refractivity contribution in [3.05, 3.63) is 41.5 Å². The molecule has 0 radical (unpaired) electrons. The van der Waals surface area contributed by atoms with E-state index in [4.69, 9.17) is 15.0 Å². The third-order valence-corrected chi connectivity index (χ3v) is 4.57. The lowest BCUT2D eigenvalue weighted by Crippen LogP contribution is -2.37. The van der Waals surface area contributed by atoms with Crippen LogP contribution < -0.4 is 5.73 Å². The fourth-order valence-corrected chi connectivity index (χ4v) is 3.00. The average molecular weight is 291 g/mol. The summed E-state index contributed by atoms with van der Waals surface area (Å²) in [6.07, 6.45) is 0.722. The first-order chi connectivity index (χ1) is 9.67. The Kier molecular flexibility index (Phi) is 3.78. The molecule has 0 spiro atoms. The van der Waals surface area contributed by atoms with Crippen LogP contribution in [0.3, 0.4) is 0 Å². The number of hydrogen-bond acceptors (Lipinski definition) is 6. The highest BCUT2D eigenvalue weighted by molar-refractivity contribution is 7.98. The average Bonchev–Trinajstić information content (AvgIpc) is 3.08. The van der Waals surface area contributed by atoms with Crippen LogP contribution in [0.4, 0.5) is 0 Å². The Morgan fingerprint density at radius 1 is 1.40 bits per heavy atom. The second-order valence-corrected chi connectivity index (χ2v) is 6.05. The molecule has 1 saturated heterocycles. The minimum absolute atomic E-state index is 0.444. The molecule has 1 aliphatic heterocycles. The van der Waals surface area contributed by atoms with E-state index in [9.17, 15) is 0 Å². The van der Waals surface area contributed by atoms with Crippen molar-refractivity contribution in [2.75, 3.05) is 13.2 Å².